The maximum absolute atomic E-state index is 11.5. The van der Waals surface area contributed by atoms with Crippen LogP contribution >= 0.6 is 0 Å². The average molecular weight is 204 g/mol. The Bertz CT molecular complexity index is 413. The molecule has 0 aliphatic rings. The summed E-state index contributed by atoms with van der Waals surface area (Å²) in [5, 5.41) is 0. The van der Waals surface area contributed by atoms with Gasteiger partial charge in [0.15, 0.2) is 0 Å². The van der Waals surface area contributed by atoms with Crippen LogP contribution in [0.1, 0.15) is 31.3 Å². The predicted molar refractivity (Wildman–Crippen MR) is 55.7 cm³/mol. The van der Waals surface area contributed by atoms with Gasteiger partial charge in [0.1, 0.15) is 5.60 Å². The van der Waals surface area contributed by atoms with Crippen molar-refractivity contribution in [1.82, 2.24) is 4.98 Å². The van der Waals surface area contributed by atoms with E-state index in [2.05, 4.69) is 9.83 Å². The molecule has 0 saturated carbocycles. The second-order valence-electron chi connectivity index (χ2n) is 3.99. The Morgan fingerprint density at radius 2 is 2.13 bits per heavy atom. The number of nitrogens with zero attached hydrogens (tertiary/aromatic N) is 2. The minimum atomic E-state index is -0.549. The molecular formula is C11H12N2O2. The van der Waals surface area contributed by atoms with Crippen molar-refractivity contribution in [3.8, 4) is 0 Å². The van der Waals surface area contributed by atoms with E-state index in [0.29, 0.717) is 0 Å². The lowest BCUT2D eigenvalue weighted by Crippen LogP contribution is -2.24. The molecule has 0 unspecified atom stereocenters. The van der Waals surface area contributed by atoms with Gasteiger partial charge in [0.05, 0.1) is 0 Å². The van der Waals surface area contributed by atoms with Crippen LogP contribution < -0.4 is 0 Å². The molecule has 78 valence electrons. The lowest BCUT2D eigenvalue weighted by atomic mass is 10.2. The molecule has 0 atom stereocenters. The Hall–Kier alpha value is -1.89. The fraction of sp³-hybridized carbons (Fsp3) is 0.364. The highest BCUT2D eigenvalue weighted by atomic mass is 16.6. The smallest absolute Gasteiger partial charge is 0.381 e. The first-order chi connectivity index (χ1) is 6.92. The number of ether oxygens (including phenoxy) is 1. The molecule has 1 rings (SSSR count). The van der Waals surface area contributed by atoms with Crippen LogP contribution in [-0.2, 0) is 4.74 Å². The van der Waals surface area contributed by atoms with Gasteiger partial charge in [-0.05, 0) is 32.9 Å². The first kappa shape index (κ1) is 11.2. The van der Waals surface area contributed by atoms with Crippen molar-refractivity contribution in [3.05, 3.63) is 35.3 Å². The number of rotatable bonds is 1. The molecule has 4 nitrogen and oxygen atoms in total. The van der Waals surface area contributed by atoms with Crippen LogP contribution in [0.4, 0.5) is 5.82 Å². The van der Waals surface area contributed by atoms with Gasteiger partial charge in [-0.1, -0.05) is 12.6 Å². The maximum Gasteiger partial charge on any atom is 0.381 e. The second-order valence-corrected chi connectivity index (χ2v) is 3.99. The van der Waals surface area contributed by atoms with Gasteiger partial charge < -0.3 is 9.58 Å². The zero-order valence-corrected chi connectivity index (χ0v) is 8.94. The molecule has 0 N–H and O–H groups in total. The summed E-state index contributed by atoms with van der Waals surface area (Å²) in [6.45, 7) is 12.1. The van der Waals surface area contributed by atoms with Crippen LogP contribution in [0.3, 0.4) is 0 Å². The Labute approximate surface area is 88.7 Å². The van der Waals surface area contributed by atoms with E-state index < -0.39 is 11.6 Å². The number of aromatic nitrogens is 1. The summed E-state index contributed by atoms with van der Waals surface area (Å²) in [5.41, 5.74) is -0.384. The summed E-state index contributed by atoms with van der Waals surface area (Å²) in [6.07, 6.45) is 0. The molecule has 0 saturated heterocycles. The van der Waals surface area contributed by atoms with Gasteiger partial charge in [-0.15, -0.1) is 4.98 Å². The lowest BCUT2D eigenvalue weighted by Gasteiger charge is -2.18. The number of carbonyl (C=O) groups is 1. The monoisotopic (exact) mass is 204 g/mol. The fourth-order valence-corrected chi connectivity index (χ4v) is 0.930. The average Bonchev–Trinajstić information content (AvgIpc) is 2.15. The first-order valence-corrected chi connectivity index (χ1v) is 4.50. The molecule has 0 aromatic carbocycles. The highest BCUT2D eigenvalue weighted by Gasteiger charge is 2.21. The Morgan fingerprint density at radius 3 is 2.67 bits per heavy atom. The molecule has 0 bridgehead atoms. The summed E-state index contributed by atoms with van der Waals surface area (Å²) in [4.78, 5) is 18.5. The highest BCUT2D eigenvalue weighted by molar-refractivity contribution is 5.87. The standard InChI is InChI=1S/C11H12N2O2/c1-11(2,3)15-10(14)8-6-5-7-9(12-4)13-8/h5-7H,1-3H3. The Kier molecular flexibility index (Phi) is 3.05. The predicted octanol–water partition coefficient (Wildman–Crippen LogP) is 2.59. The number of hydrogen-bond donors (Lipinski definition) is 0. The number of hydrogen-bond acceptors (Lipinski definition) is 3. The van der Waals surface area contributed by atoms with Crippen molar-refractivity contribution in [2.24, 2.45) is 0 Å². The van der Waals surface area contributed by atoms with E-state index in [4.69, 9.17) is 11.3 Å². The maximum atomic E-state index is 11.5. The zero-order chi connectivity index (χ0) is 11.5. The minimum Gasteiger partial charge on any atom is -0.454 e. The second kappa shape index (κ2) is 4.09. The molecule has 0 radical (unpaired) electrons. The molecule has 4 heteroatoms. The molecule has 1 heterocycles. The van der Waals surface area contributed by atoms with Crippen molar-refractivity contribution in [2.75, 3.05) is 0 Å². The van der Waals surface area contributed by atoms with E-state index in [-0.39, 0.29) is 11.5 Å². The quantitative estimate of drug-likeness (QED) is 0.521. The zero-order valence-electron chi connectivity index (χ0n) is 8.94. The molecule has 1 aromatic rings. The van der Waals surface area contributed by atoms with Crippen LogP contribution in [0, 0.1) is 6.57 Å². The number of carbonyl (C=O) groups excluding carboxylic acids is 1. The van der Waals surface area contributed by atoms with Crippen molar-refractivity contribution in [3.63, 3.8) is 0 Å². The van der Waals surface area contributed by atoms with Crippen molar-refractivity contribution in [1.29, 1.82) is 0 Å². The van der Waals surface area contributed by atoms with Gasteiger partial charge in [-0.3, -0.25) is 0 Å². The molecule has 1 aromatic heterocycles. The third-order valence-electron chi connectivity index (χ3n) is 1.46. The van der Waals surface area contributed by atoms with E-state index in [1.807, 2.05) is 0 Å². The SMILES string of the molecule is [C-]#[N+]c1cccc(C(=O)OC(C)(C)C)n1. The normalized spacial score (nSPS) is 10.5. The summed E-state index contributed by atoms with van der Waals surface area (Å²) >= 11 is 0. The largest absolute Gasteiger partial charge is 0.454 e. The van der Waals surface area contributed by atoms with Crippen LogP contribution in [0.25, 0.3) is 4.85 Å². The van der Waals surface area contributed by atoms with E-state index in [0.717, 1.165) is 0 Å². The summed E-state index contributed by atoms with van der Waals surface area (Å²) in [6, 6.07) is 4.68. The van der Waals surface area contributed by atoms with Crippen LogP contribution in [0.5, 0.6) is 0 Å². The topological polar surface area (TPSA) is 43.5 Å². The van der Waals surface area contributed by atoms with E-state index >= 15 is 0 Å². The minimum absolute atomic E-state index is 0.165. The third-order valence-corrected chi connectivity index (χ3v) is 1.46. The highest BCUT2D eigenvalue weighted by Crippen LogP contribution is 2.13. The van der Waals surface area contributed by atoms with Crippen LogP contribution in [0.15, 0.2) is 18.2 Å². The number of pyridine rings is 1. The first-order valence-electron chi connectivity index (χ1n) is 4.50. The van der Waals surface area contributed by atoms with Crippen molar-refractivity contribution in [2.45, 2.75) is 26.4 Å². The molecular weight excluding hydrogens is 192 g/mol. The lowest BCUT2D eigenvalue weighted by molar-refractivity contribution is 0.00631. The van der Waals surface area contributed by atoms with Gasteiger partial charge >= 0.3 is 5.97 Å². The van der Waals surface area contributed by atoms with Gasteiger partial charge in [0.2, 0.25) is 5.69 Å². The van der Waals surface area contributed by atoms with Crippen molar-refractivity contribution >= 4 is 11.8 Å². The van der Waals surface area contributed by atoms with Crippen molar-refractivity contribution < 1.29 is 9.53 Å². The number of esters is 1. The van der Waals surface area contributed by atoms with Crippen LogP contribution in [0.2, 0.25) is 0 Å². The van der Waals surface area contributed by atoms with Gasteiger partial charge in [-0.2, -0.15) is 0 Å². The molecule has 0 fully saturated rings. The van der Waals surface area contributed by atoms with Crippen LogP contribution in [-0.4, -0.2) is 16.6 Å². The van der Waals surface area contributed by atoms with E-state index in [1.165, 1.54) is 6.07 Å². The van der Waals surface area contributed by atoms with Gasteiger partial charge in [0.25, 0.3) is 5.82 Å². The van der Waals surface area contributed by atoms with E-state index in [1.54, 1.807) is 32.9 Å². The molecule has 15 heavy (non-hydrogen) atoms. The Balaban J connectivity index is 2.88. The van der Waals surface area contributed by atoms with E-state index in [9.17, 15) is 4.79 Å². The third kappa shape index (κ3) is 3.39. The van der Waals surface area contributed by atoms with Gasteiger partial charge in [-0.25, -0.2) is 4.79 Å². The van der Waals surface area contributed by atoms with Gasteiger partial charge in [0, 0.05) is 0 Å². The summed E-state index contributed by atoms with van der Waals surface area (Å²) < 4.78 is 5.12. The molecule has 0 aliphatic heterocycles. The molecule has 0 amide bonds. The fourth-order valence-electron chi connectivity index (χ4n) is 0.930. The molecule has 0 spiro atoms. The molecule has 0 aliphatic carbocycles. The Morgan fingerprint density at radius 1 is 1.47 bits per heavy atom. The summed E-state index contributed by atoms with van der Waals surface area (Å²) in [5.74, 6) is -0.314. The summed E-state index contributed by atoms with van der Waals surface area (Å²) in [7, 11) is 0.